The van der Waals surface area contributed by atoms with Crippen molar-refractivity contribution in [2.24, 2.45) is 0 Å². The second kappa shape index (κ2) is 9.01. The Morgan fingerprint density at radius 2 is 1.61 bits per heavy atom. The molecule has 3 heterocycles. The first-order chi connectivity index (χ1) is 17.6. The summed E-state index contributed by atoms with van der Waals surface area (Å²) in [5, 5.41) is 26.0. The number of aromatic nitrogens is 5. The smallest absolute Gasteiger partial charge is 0.348 e. The summed E-state index contributed by atoms with van der Waals surface area (Å²) in [6.07, 6.45) is 0.669. The van der Waals surface area contributed by atoms with E-state index >= 15 is 0 Å². The number of hydrogen-bond donors (Lipinski definition) is 3. The first kappa shape index (κ1) is 22.1. The van der Waals surface area contributed by atoms with Gasteiger partial charge in [0.1, 0.15) is 5.75 Å². The fourth-order valence-corrected chi connectivity index (χ4v) is 4.81. The van der Waals surface area contributed by atoms with Crippen molar-refractivity contribution in [3.8, 4) is 22.8 Å². The zero-order valence-electron chi connectivity index (χ0n) is 20.0. The van der Waals surface area contributed by atoms with Gasteiger partial charge in [-0.05, 0) is 42.9 Å². The molecule has 36 heavy (non-hydrogen) atoms. The van der Waals surface area contributed by atoms with Gasteiger partial charge in [0, 0.05) is 55.4 Å². The monoisotopic (exact) mass is 481 g/mol. The summed E-state index contributed by atoms with van der Waals surface area (Å²) in [4.78, 5) is 17.5. The predicted molar refractivity (Wildman–Crippen MR) is 140 cm³/mol. The van der Waals surface area contributed by atoms with Crippen LogP contribution in [0.5, 0.6) is 5.75 Å². The third-order valence-corrected chi connectivity index (χ3v) is 6.86. The van der Waals surface area contributed by atoms with Gasteiger partial charge in [-0.1, -0.05) is 30.3 Å². The van der Waals surface area contributed by atoms with E-state index in [-0.39, 0.29) is 11.4 Å². The molecule has 5 aromatic rings. The highest BCUT2D eigenvalue weighted by molar-refractivity contribution is 5.89. The average molecular weight is 482 g/mol. The van der Waals surface area contributed by atoms with Crippen molar-refractivity contribution in [3.63, 3.8) is 0 Å². The number of anilines is 1. The minimum absolute atomic E-state index is 0.00886. The number of aromatic hydroxyl groups is 1. The van der Waals surface area contributed by atoms with Gasteiger partial charge in [-0.25, -0.2) is 14.5 Å². The van der Waals surface area contributed by atoms with E-state index in [9.17, 15) is 9.90 Å². The van der Waals surface area contributed by atoms with Gasteiger partial charge in [-0.3, -0.25) is 5.10 Å². The quantitative estimate of drug-likeness (QED) is 0.356. The number of H-pyrrole nitrogens is 2. The number of piperazine rings is 1. The molecule has 3 aromatic carbocycles. The standard InChI is InChI=1S/C27H27N7O2/c1-32-11-13-33(14-12-32)19-7-9-20(10-8-19)34-26(30-31-27(34)36)22-16-21-23(15-18-5-3-2-4-6-18)28-29-24(21)17-25(22)35/h2-10,16-17,35H,11-15H2,1H3,(H,28,29)(H,31,36). The lowest BCUT2D eigenvalue weighted by Crippen LogP contribution is -2.44. The minimum atomic E-state index is -0.367. The van der Waals surface area contributed by atoms with Gasteiger partial charge in [-0.2, -0.15) is 10.2 Å². The average Bonchev–Trinajstić information content (AvgIpc) is 3.47. The maximum Gasteiger partial charge on any atom is 0.348 e. The van der Waals surface area contributed by atoms with Crippen molar-refractivity contribution in [1.82, 2.24) is 29.9 Å². The highest BCUT2D eigenvalue weighted by Gasteiger charge is 2.20. The van der Waals surface area contributed by atoms with Crippen LogP contribution < -0.4 is 10.6 Å². The zero-order chi connectivity index (χ0) is 24.6. The van der Waals surface area contributed by atoms with E-state index < -0.39 is 0 Å². The van der Waals surface area contributed by atoms with Crippen LogP contribution in [0.3, 0.4) is 0 Å². The molecule has 9 heteroatoms. The van der Waals surface area contributed by atoms with Gasteiger partial charge in [0.25, 0.3) is 0 Å². The van der Waals surface area contributed by atoms with Crippen LogP contribution >= 0.6 is 0 Å². The van der Waals surface area contributed by atoms with E-state index in [1.807, 2.05) is 48.5 Å². The van der Waals surface area contributed by atoms with Gasteiger partial charge in [0.05, 0.1) is 16.8 Å². The largest absolute Gasteiger partial charge is 0.507 e. The molecular weight excluding hydrogens is 454 g/mol. The van der Waals surface area contributed by atoms with E-state index in [4.69, 9.17) is 0 Å². The molecule has 0 radical (unpaired) electrons. The van der Waals surface area contributed by atoms with E-state index in [1.165, 1.54) is 4.57 Å². The summed E-state index contributed by atoms with van der Waals surface area (Å²) in [5.41, 5.74) is 4.63. The highest BCUT2D eigenvalue weighted by atomic mass is 16.3. The van der Waals surface area contributed by atoms with Crippen molar-refractivity contribution in [1.29, 1.82) is 0 Å². The van der Waals surface area contributed by atoms with Crippen LogP contribution in [-0.2, 0) is 6.42 Å². The van der Waals surface area contributed by atoms with Crippen LogP contribution in [0.25, 0.3) is 28.0 Å². The van der Waals surface area contributed by atoms with E-state index in [0.29, 0.717) is 29.0 Å². The Kier molecular flexibility index (Phi) is 5.54. The molecule has 0 spiro atoms. The van der Waals surface area contributed by atoms with Crippen molar-refractivity contribution in [3.05, 3.63) is 88.5 Å². The SMILES string of the molecule is CN1CCN(c2ccc(-n3c(-c4cc5c(Cc6ccccc6)[nH]nc5cc4O)n[nH]c3=O)cc2)CC1. The lowest BCUT2D eigenvalue weighted by atomic mass is 10.0. The summed E-state index contributed by atoms with van der Waals surface area (Å²) in [6, 6.07) is 21.5. The van der Waals surface area contributed by atoms with Crippen LogP contribution in [0.1, 0.15) is 11.3 Å². The number of phenols is 1. The molecule has 1 aliphatic rings. The number of nitrogens with one attached hydrogen (secondary N) is 2. The molecule has 2 aromatic heterocycles. The minimum Gasteiger partial charge on any atom is -0.507 e. The fraction of sp³-hybridized carbons (Fsp3) is 0.222. The second-order valence-corrected chi connectivity index (χ2v) is 9.25. The Labute approximate surface area is 207 Å². The van der Waals surface area contributed by atoms with Crippen LogP contribution in [0.2, 0.25) is 0 Å². The Balaban J connectivity index is 1.37. The second-order valence-electron chi connectivity index (χ2n) is 9.25. The number of phenolic OH excluding ortho intramolecular Hbond substituents is 1. The molecule has 1 fully saturated rings. The van der Waals surface area contributed by atoms with Crippen molar-refractivity contribution in [2.75, 3.05) is 38.1 Å². The Morgan fingerprint density at radius 3 is 2.36 bits per heavy atom. The van der Waals surface area contributed by atoms with E-state index in [1.54, 1.807) is 6.07 Å². The highest BCUT2D eigenvalue weighted by Crippen LogP contribution is 2.34. The van der Waals surface area contributed by atoms with Gasteiger partial charge >= 0.3 is 5.69 Å². The third-order valence-electron chi connectivity index (χ3n) is 6.86. The van der Waals surface area contributed by atoms with Crippen LogP contribution in [0.4, 0.5) is 5.69 Å². The normalized spacial score (nSPS) is 14.5. The first-order valence-corrected chi connectivity index (χ1v) is 12.0. The molecule has 0 saturated carbocycles. The molecule has 0 atom stereocenters. The topological polar surface area (TPSA) is 106 Å². The lowest BCUT2D eigenvalue weighted by Gasteiger charge is -2.34. The molecule has 0 unspecified atom stereocenters. The number of nitrogens with zero attached hydrogens (tertiary/aromatic N) is 5. The summed E-state index contributed by atoms with van der Waals surface area (Å²) in [6.45, 7) is 3.98. The molecule has 0 bridgehead atoms. The molecule has 9 nitrogen and oxygen atoms in total. The molecule has 0 aliphatic carbocycles. The number of aromatic amines is 2. The Morgan fingerprint density at radius 1 is 0.889 bits per heavy atom. The summed E-state index contributed by atoms with van der Waals surface area (Å²) >= 11 is 0. The third kappa shape index (κ3) is 4.03. The van der Waals surface area contributed by atoms with Gasteiger partial charge < -0.3 is 14.9 Å². The van der Waals surface area contributed by atoms with Gasteiger partial charge in [-0.15, -0.1) is 0 Å². The van der Waals surface area contributed by atoms with Gasteiger partial charge in [0.2, 0.25) is 0 Å². The summed E-state index contributed by atoms with van der Waals surface area (Å²) in [7, 11) is 2.13. The molecule has 182 valence electrons. The summed E-state index contributed by atoms with van der Waals surface area (Å²) < 4.78 is 1.49. The maximum absolute atomic E-state index is 12.8. The van der Waals surface area contributed by atoms with E-state index in [2.05, 4.69) is 49.4 Å². The number of rotatable bonds is 5. The van der Waals surface area contributed by atoms with Crippen molar-refractivity contribution < 1.29 is 5.11 Å². The van der Waals surface area contributed by atoms with Crippen LogP contribution in [0.15, 0.2) is 71.5 Å². The zero-order valence-corrected chi connectivity index (χ0v) is 20.0. The van der Waals surface area contributed by atoms with Crippen LogP contribution in [0, 0.1) is 0 Å². The number of fused-ring (bicyclic) bond motifs is 1. The molecule has 1 saturated heterocycles. The van der Waals surface area contributed by atoms with Crippen molar-refractivity contribution >= 4 is 16.6 Å². The van der Waals surface area contributed by atoms with E-state index in [0.717, 1.165) is 48.5 Å². The molecule has 1 aliphatic heterocycles. The molecule has 6 rings (SSSR count). The Bertz CT molecular complexity index is 1560. The molecule has 3 N–H and O–H groups in total. The predicted octanol–water partition coefficient (Wildman–Crippen LogP) is 3.15. The first-order valence-electron chi connectivity index (χ1n) is 12.0. The molecular formula is C27H27N7O2. The Hall–Kier alpha value is -4.37. The number of benzene rings is 3. The van der Waals surface area contributed by atoms with Gasteiger partial charge in [0.15, 0.2) is 5.82 Å². The number of hydrogen-bond acceptors (Lipinski definition) is 6. The summed E-state index contributed by atoms with van der Waals surface area (Å²) in [5.74, 6) is 0.355. The van der Waals surface area contributed by atoms with Crippen LogP contribution in [-0.4, -0.2) is 68.2 Å². The lowest BCUT2D eigenvalue weighted by molar-refractivity contribution is 0.313. The van der Waals surface area contributed by atoms with Crippen molar-refractivity contribution in [2.45, 2.75) is 6.42 Å². The molecule has 0 amide bonds. The number of likely N-dealkylation sites (N-methyl/N-ethyl adjacent to an activating group) is 1. The fourth-order valence-electron chi connectivity index (χ4n) is 4.81. The maximum atomic E-state index is 12.8.